The molecule has 0 bridgehead atoms. The van der Waals surface area contributed by atoms with Gasteiger partial charge in [-0.3, -0.25) is 10.1 Å². The van der Waals surface area contributed by atoms with Gasteiger partial charge in [0.05, 0.1) is 4.92 Å². The van der Waals surface area contributed by atoms with Crippen molar-refractivity contribution in [3.63, 3.8) is 0 Å². The number of nitrogens with one attached hydrogen (secondary N) is 1. The van der Waals surface area contributed by atoms with Crippen LogP contribution in [0.5, 0.6) is 11.5 Å². The number of hydrogen-bond acceptors (Lipinski definition) is 6. The highest BCUT2D eigenvalue weighted by molar-refractivity contribution is 5.60. The first kappa shape index (κ1) is 20.0. The molecule has 1 aromatic heterocycles. The van der Waals surface area contributed by atoms with Gasteiger partial charge in [0.15, 0.2) is 5.82 Å². The fraction of sp³-hybridized carbons (Fsp3) is 0.0909. The molecule has 4 rings (SSSR count). The van der Waals surface area contributed by atoms with E-state index in [1.165, 1.54) is 36.4 Å². The normalized spacial score (nSPS) is 10.6. The van der Waals surface area contributed by atoms with Crippen molar-refractivity contribution in [2.24, 2.45) is 7.05 Å². The maximum Gasteiger partial charge on any atom is 0.311 e. The van der Waals surface area contributed by atoms with Gasteiger partial charge in [-0.25, -0.2) is 4.39 Å². The van der Waals surface area contributed by atoms with Crippen molar-refractivity contribution in [3.8, 4) is 22.9 Å². The van der Waals surface area contributed by atoms with Gasteiger partial charge in [0, 0.05) is 30.9 Å². The molecule has 0 aliphatic heterocycles. The molecule has 0 saturated carbocycles. The molecule has 1 heterocycles. The molecule has 0 spiro atoms. The maximum atomic E-state index is 13.0. The quantitative estimate of drug-likeness (QED) is 0.337. The molecule has 3 aromatic carbocycles. The Hall–Kier alpha value is -4.27. The van der Waals surface area contributed by atoms with E-state index in [9.17, 15) is 14.5 Å². The van der Waals surface area contributed by atoms with Gasteiger partial charge in [-0.15, -0.1) is 10.2 Å². The molecule has 9 heteroatoms. The molecule has 0 aliphatic rings. The van der Waals surface area contributed by atoms with Crippen molar-refractivity contribution in [1.82, 2.24) is 14.8 Å². The molecule has 0 amide bonds. The number of benzene rings is 3. The minimum Gasteiger partial charge on any atom is -0.450 e. The van der Waals surface area contributed by atoms with E-state index in [0.29, 0.717) is 12.3 Å². The third-order valence-corrected chi connectivity index (χ3v) is 4.61. The Morgan fingerprint density at radius 3 is 2.48 bits per heavy atom. The van der Waals surface area contributed by atoms with E-state index < -0.39 is 10.7 Å². The van der Waals surface area contributed by atoms with Crippen LogP contribution in [0.15, 0.2) is 73.1 Å². The van der Waals surface area contributed by atoms with Crippen LogP contribution in [0.1, 0.15) is 5.56 Å². The second kappa shape index (κ2) is 8.62. The fourth-order valence-corrected chi connectivity index (χ4v) is 3.02. The summed E-state index contributed by atoms with van der Waals surface area (Å²) < 4.78 is 20.4. The standard InChI is InChI=1S/C22H18FN5O3/c1-27-14-25-26-22(27)16-3-7-18(8-4-16)24-13-15-2-11-21(20(12-15)28(29)30)31-19-9-5-17(23)6-10-19/h2-12,14,24H,13H2,1H3. The summed E-state index contributed by atoms with van der Waals surface area (Å²) in [5, 5.41) is 22.7. The van der Waals surface area contributed by atoms with Gasteiger partial charge in [-0.05, 0) is 60.2 Å². The zero-order chi connectivity index (χ0) is 21.8. The van der Waals surface area contributed by atoms with Gasteiger partial charge in [0.2, 0.25) is 5.75 Å². The Morgan fingerprint density at radius 2 is 1.84 bits per heavy atom. The summed E-state index contributed by atoms with van der Waals surface area (Å²) in [5.74, 6) is 0.763. The molecule has 31 heavy (non-hydrogen) atoms. The van der Waals surface area contributed by atoms with Crippen LogP contribution in [0.3, 0.4) is 0 Å². The second-order valence-electron chi connectivity index (χ2n) is 6.81. The summed E-state index contributed by atoms with van der Waals surface area (Å²) in [6, 6.07) is 17.7. The second-order valence-corrected chi connectivity index (χ2v) is 6.81. The van der Waals surface area contributed by atoms with Crippen LogP contribution in [0.25, 0.3) is 11.4 Å². The van der Waals surface area contributed by atoms with Crippen LogP contribution in [0.2, 0.25) is 0 Å². The minimum absolute atomic E-state index is 0.0911. The predicted molar refractivity (Wildman–Crippen MR) is 113 cm³/mol. The van der Waals surface area contributed by atoms with Crippen LogP contribution in [0.4, 0.5) is 15.8 Å². The molecule has 0 radical (unpaired) electrons. The largest absolute Gasteiger partial charge is 0.450 e. The van der Waals surface area contributed by atoms with Crippen molar-refractivity contribution < 1.29 is 14.1 Å². The van der Waals surface area contributed by atoms with Crippen LogP contribution in [-0.4, -0.2) is 19.7 Å². The Balaban J connectivity index is 1.46. The monoisotopic (exact) mass is 419 g/mol. The SMILES string of the molecule is Cn1cnnc1-c1ccc(NCc2ccc(Oc3ccc(F)cc3)c([N+](=O)[O-])c2)cc1. The minimum atomic E-state index is -0.502. The number of ether oxygens (including phenoxy) is 1. The van der Waals surface area contributed by atoms with E-state index in [0.717, 1.165) is 22.6 Å². The van der Waals surface area contributed by atoms with Gasteiger partial charge >= 0.3 is 5.69 Å². The average molecular weight is 419 g/mol. The van der Waals surface area contributed by atoms with E-state index in [1.54, 1.807) is 12.4 Å². The summed E-state index contributed by atoms with van der Waals surface area (Å²) in [7, 11) is 1.87. The molecular formula is C22H18FN5O3. The summed E-state index contributed by atoms with van der Waals surface area (Å²) in [4.78, 5) is 11.0. The molecular weight excluding hydrogens is 401 g/mol. The number of nitrogens with zero attached hydrogens (tertiary/aromatic N) is 4. The molecule has 4 aromatic rings. The maximum absolute atomic E-state index is 13.0. The summed E-state index contributed by atoms with van der Waals surface area (Å²) in [6.45, 7) is 0.390. The van der Waals surface area contributed by atoms with Gasteiger partial charge in [0.25, 0.3) is 0 Å². The Morgan fingerprint density at radius 1 is 1.10 bits per heavy atom. The average Bonchev–Trinajstić information content (AvgIpc) is 3.20. The van der Waals surface area contributed by atoms with Gasteiger partial charge in [-0.1, -0.05) is 6.07 Å². The van der Waals surface area contributed by atoms with E-state index in [-0.39, 0.29) is 11.4 Å². The molecule has 8 nitrogen and oxygen atoms in total. The van der Waals surface area contributed by atoms with E-state index in [1.807, 2.05) is 35.9 Å². The van der Waals surface area contributed by atoms with E-state index in [2.05, 4.69) is 15.5 Å². The molecule has 0 aliphatic carbocycles. The van der Waals surface area contributed by atoms with Crippen molar-refractivity contribution in [2.45, 2.75) is 6.54 Å². The van der Waals surface area contributed by atoms with Crippen molar-refractivity contribution in [2.75, 3.05) is 5.32 Å². The zero-order valence-electron chi connectivity index (χ0n) is 16.5. The highest BCUT2D eigenvalue weighted by Crippen LogP contribution is 2.32. The van der Waals surface area contributed by atoms with E-state index in [4.69, 9.17) is 4.74 Å². The molecule has 0 unspecified atom stereocenters. The smallest absolute Gasteiger partial charge is 0.311 e. The summed E-state index contributed by atoms with van der Waals surface area (Å²) >= 11 is 0. The first-order chi connectivity index (χ1) is 15.0. The number of halogens is 1. The number of hydrogen-bond donors (Lipinski definition) is 1. The third kappa shape index (κ3) is 4.67. The van der Waals surface area contributed by atoms with E-state index >= 15 is 0 Å². The zero-order valence-corrected chi connectivity index (χ0v) is 16.5. The van der Waals surface area contributed by atoms with Crippen molar-refractivity contribution in [3.05, 3.63) is 94.6 Å². The lowest BCUT2D eigenvalue weighted by Crippen LogP contribution is -2.01. The molecule has 0 fully saturated rings. The Kier molecular flexibility index (Phi) is 5.57. The number of aromatic nitrogens is 3. The number of nitro groups is 1. The fourth-order valence-electron chi connectivity index (χ4n) is 3.02. The number of aryl methyl sites for hydroxylation is 1. The first-order valence-corrected chi connectivity index (χ1v) is 9.38. The predicted octanol–water partition coefficient (Wildman–Crippen LogP) is 4.93. The molecule has 1 N–H and O–H groups in total. The lowest BCUT2D eigenvalue weighted by Gasteiger charge is -2.10. The molecule has 156 valence electrons. The van der Waals surface area contributed by atoms with Crippen molar-refractivity contribution in [1.29, 1.82) is 0 Å². The highest BCUT2D eigenvalue weighted by Gasteiger charge is 2.17. The number of nitro benzene ring substituents is 1. The van der Waals surface area contributed by atoms with Gasteiger partial charge in [-0.2, -0.15) is 0 Å². The Labute approximate surface area is 177 Å². The Bertz CT molecular complexity index is 1210. The van der Waals surface area contributed by atoms with Gasteiger partial charge in [0.1, 0.15) is 17.9 Å². The van der Waals surface area contributed by atoms with Crippen molar-refractivity contribution >= 4 is 11.4 Å². The summed E-state index contributed by atoms with van der Waals surface area (Å²) in [5.41, 5.74) is 2.35. The lowest BCUT2D eigenvalue weighted by atomic mass is 10.1. The third-order valence-electron chi connectivity index (χ3n) is 4.61. The topological polar surface area (TPSA) is 95.1 Å². The number of anilines is 1. The summed E-state index contributed by atoms with van der Waals surface area (Å²) in [6.07, 6.45) is 1.64. The number of rotatable bonds is 7. The van der Waals surface area contributed by atoms with Gasteiger partial charge < -0.3 is 14.6 Å². The lowest BCUT2D eigenvalue weighted by molar-refractivity contribution is -0.385. The first-order valence-electron chi connectivity index (χ1n) is 9.38. The van der Waals surface area contributed by atoms with Crippen LogP contribution in [-0.2, 0) is 13.6 Å². The molecule has 0 saturated heterocycles. The van der Waals surface area contributed by atoms with Crippen LogP contribution >= 0.6 is 0 Å². The molecule has 0 atom stereocenters. The highest BCUT2D eigenvalue weighted by atomic mass is 19.1. The van der Waals surface area contributed by atoms with Crippen LogP contribution in [0, 0.1) is 15.9 Å². The van der Waals surface area contributed by atoms with Crippen LogP contribution < -0.4 is 10.1 Å².